The maximum absolute atomic E-state index is 8.72. The first-order chi connectivity index (χ1) is 6.77. The van der Waals surface area contributed by atoms with E-state index in [-0.39, 0.29) is 5.92 Å². The average Bonchev–Trinajstić information content (AvgIpc) is 2.56. The highest BCUT2D eigenvalue weighted by molar-refractivity contribution is 5.01. The van der Waals surface area contributed by atoms with Gasteiger partial charge in [-0.15, -0.1) is 0 Å². The van der Waals surface area contributed by atoms with Crippen molar-refractivity contribution in [2.24, 2.45) is 11.3 Å². The fourth-order valence-corrected chi connectivity index (χ4v) is 3.05. The van der Waals surface area contributed by atoms with Crippen LogP contribution in [0.2, 0.25) is 0 Å². The molecular formula is C12H20N2. The largest absolute Gasteiger partial charge is 0.312 e. The number of nitriles is 1. The maximum atomic E-state index is 8.72. The second-order valence-corrected chi connectivity index (χ2v) is 5.10. The van der Waals surface area contributed by atoms with E-state index in [9.17, 15) is 0 Å². The van der Waals surface area contributed by atoms with Gasteiger partial charge in [-0.1, -0.05) is 12.8 Å². The lowest BCUT2D eigenvalue weighted by Crippen LogP contribution is -2.46. The van der Waals surface area contributed by atoms with Crippen molar-refractivity contribution in [2.45, 2.75) is 51.5 Å². The summed E-state index contributed by atoms with van der Waals surface area (Å²) in [6.07, 6.45) is 8.41. The van der Waals surface area contributed by atoms with Crippen molar-refractivity contribution in [3.63, 3.8) is 0 Å². The van der Waals surface area contributed by atoms with Gasteiger partial charge in [0.25, 0.3) is 0 Å². The molecule has 2 rings (SSSR count). The average molecular weight is 192 g/mol. The van der Waals surface area contributed by atoms with Gasteiger partial charge < -0.3 is 5.32 Å². The molecule has 0 saturated heterocycles. The molecule has 0 radical (unpaired) electrons. The third-order valence-electron chi connectivity index (χ3n) is 4.15. The molecule has 2 fully saturated rings. The SMILES string of the molecule is CC(C#N)CNC1CCCC12CCC2. The third kappa shape index (κ3) is 1.66. The molecule has 2 atom stereocenters. The zero-order chi connectivity index (χ0) is 10.0. The molecule has 78 valence electrons. The molecule has 1 spiro atoms. The Balaban J connectivity index is 1.83. The minimum Gasteiger partial charge on any atom is -0.312 e. The smallest absolute Gasteiger partial charge is 0.0666 e. The molecule has 2 unspecified atom stereocenters. The first-order valence-corrected chi connectivity index (χ1v) is 5.90. The van der Waals surface area contributed by atoms with Crippen LogP contribution < -0.4 is 5.32 Å². The van der Waals surface area contributed by atoms with E-state index in [4.69, 9.17) is 5.26 Å². The summed E-state index contributed by atoms with van der Waals surface area (Å²) in [6, 6.07) is 3.00. The Morgan fingerprint density at radius 2 is 2.14 bits per heavy atom. The van der Waals surface area contributed by atoms with Crippen LogP contribution in [0.25, 0.3) is 0 Å². The fourth-order valence-electron chi connectivity index (χ4n) is 3.05. The predicted octanol–water partition coefficient (Wildman–Crippen LogP) is 2.46. The molecule has 1 N–H and O–H groups in total. The van der Waals surface area contributed by atoms with Crippen molar-refractivity contribution in [1.82, 2.24) is 5.32 Å². The molecule has 2 heteroatoms. The van der Waals surface area contributed by atoms with Crippen molar-refractivity contribution in [3.8, 4) is 6.07 Å². The molecule has 0 bridgehead atoms. The Kier molecular flexibility index (Phi) is 2.78. The van der Waals surface area contributed by atoms with Gasteiger partial charge in [0.1, 0.15) is 0 Å². The van der Waals surface area contributed by atoms with E-state index in [1.165, 1.54) is 38.5 Å². The summed E-state index contributed by atoms with van der Waals surface area (Å²) in [6.45, 7) is 2.87. The first-order valence-electron chi connectivity index (χ1n) is 5.90. The summed E-state index contributed by atoms with van der Waals surface area (Å²) >= 11 is 0. The molecule has 2 saturated carbocycles. The van der Waals surface area contributed by atoms with E-state index < -0.39 is 0 Å². The first kappa shape index (κ1) is 9.98. The molecule has 0 aliphatic heterocycles. The van der Waals surface area contributed by atoms with Crippen LogP contribution in [0.15, 0.2) is 0 Å². The number of nitrogens with zero attached hydrogens (tertiary/aromatic N) is 1. The summed E-state index contributed by atoms with van der Waals surface area (Å²) in [5, 5.41) is 12.3. The lowest BCUT2D eigenvalue weighted by molar-refractivity contribution is 0.1000. The second kappa shape index (κ2) is 3.90. The van der Waals surface area contributed by atoms with Crippen LogP contribution in [-0.4, -0.2) is 12.6 Å². The standard InChI is InChI=1S/C12H20N2/c1-10(8-13)9-14-11-4-2-5-12(11)6-3-7-12/h10-11,14H,2-7,9H2,1H3. The lowest BCUT2D eigenvalue weighted by atomic mass is 9.65. The summed E-state index contributed by atoms with van der Waals surface area (Å²) in [4.78, 5) is 0. The van der Waals surface area contributed by atoms with Crippen molar-refractivity contribution < 1.29 is 0 Å². The van der Waals surface area contributed by atoms with Crippen LogP contribution in [0.3, 0.4) is 0 Å². The molecule has 0 amide bonds. The highest BCUT2D eigenvalue weighted by Crippen LogP contribution is 2.53. The number of hydrogen-bond donors (Lipinski definition) is 1. The molecule has 0 aromatic rings. The fraction of sp³-hybridized carbons (Fsp3) is 0.917. The van der Waals surface area contributed by atoms with Crippen LogP contribution in [0.4, 0.5) is 0 Å². The Bertz CT molecular complexity index is 237. The molecule has 2 aliphatic carbocycles. The molecule has 2 nitrogen and oxygen atoms in total. The Morgan fingerprint density at radius 3 is 2.71 bits per heavy atom. The van der Waals surface area contributed by atoms with Crippen molar-refractivity contribution in [1.29, 1.82) is 5.26 Å². The number of hydrogen-bond acceptors (Lipinski definition) is 2. The van der Waals surface area contributed by atoms with E-state index in [0.717, 1.165) is 6.54 Å². The van der Waals surface area contributed by atoms with Crippen LogP contribution in [0.5, 0.6) is 0 Å². The van der Waals surface area contributed by atoms with Gasteiger partial charge >= 0.3 is 0 Å². The molecule has 0 aromatic heterocycles. The minimum absolute atomic E-state index is 0.160. The van der Waals surface area contributed by atoms with Gasteiger partial charge in [0.15, 0.2) is 0 Å². The normalized spacial score (nSPS) is 31.0. The summed E-state index contributed by atoms with van der Waals surface area (Å²) in [7, 11) is 0. The quantitative estimate of drug-likeness (QED) is 0.745. The van der Waals surface area contributed by atoms with Crippen molar-refractivity contribution >= 4 is 0 Å². The zero-order valence-corrected chi connectivity index (χ0v) is 9.05. The topological polar surface area (TPSA) is 35.8 Å². The third-order valence-corrected chi connectivity index (χ3v) is 4.15. The van der Waals surface area contributed by atoms with Gasteiger partial charge in [0.2, 0.25) is 0 Å². The predicted molar refractivity (Wildman–Crippen MR) is 56.7 cm³/mol. The van der Waals surface area contributed by atoms with E-state index in [2.05, 4.69) is 11.4 Å². The van der Waals surface area contributed by atoms with Crippen molar-refractivity contribution in [3.05, 3.63) is 0 Å². The minimum atomic E-state index is 0.160. The van der Waals surface area contributed by atoms with Crippen LogP contribution in [-0.2, 0) is 0 Å². The highest BCUT2D eigenvalue weighted by Gasteiger charge is 2.46. The monoisotopic (exact) mass is 192 g/mol. The van der Waals surface area contributed by atoms with Crippen LogP contribution in [0, 0.1) is 22.7 Å². The maximum Gasteiger partial charge on any atom is 0.0666 e. The van der Waals surface area contributed by atoms with Gasteiger partial charge in [-0.3, -0.25) is 0 Å². The summed E-state index contributed by atoms with van der Waals surface area (Å²) in [5.41, 5.74) is 0.648. The molecule has 0 heterocycles. The highest BCUT2D eigenvalue weighted by atomic mass is 14.9. The lowest BCUT2D eigenvalue weighted by Gasteiger charge is -2.44. The molecular weight excluding hydrogens is 172 g/mol. The van der Waals surface area contributed by atoms with Gasteiger partial charge in [0.05, 0.1) is 12.0 Å². The van der Waals surface area contributed by atoms with Gasteiger partial charge in [-0.2, -0.15) is 5.26 Å². The molecule has 14 heavy (non-hydrogen) atoms. The van der Waals surface area contributed by atoms with E-state index in [1.54, 1.807) is 0 Å². The summed E-state index contributed by atoms with van der Waals surface area (Å²) in [5.74, 6) is 0.160. The van der Waals surface area contributed by atoms with Crippen LogP contribution in [0.1, 0.15) is 45.4 Å². The molecule has 0 aromatic carbocycles. The summed E-state index contributed by atoms with van der Waals surface area (Å²) < 4.78 is 0. The number of nitrogens with one attached hydrogen (secondary N) is 1. The van der Waals surface area contributed by atoms with E-state index >= 15 is 0 Å². The Morgan fingerprint density at radius 1 is 1.43 bits per heavy atom. The van der Waals surface area contributed by atoms with Crippen molar-refractivity contribution in [2.75, 3.05) is 6.54 Å². The van der Waals surface area contributed by atoms with E-state index in [1.807, 2.05) is 6.92 Å². The Labute approximate surface area is 86.7 Å². The second-order valence-electron chi connectivity index (χ2n) is 5.10. The Hall–Kier alpha value is -0.550. The van der Waals surface area contributed by atoms with E-state index in [0.29, 0.717) is 11.5 Å². The zero-order valence-electron chi connectivity index (χ0n) is 9.05. The number of rotatable bonds is 3. The molecule has 2 aliphatic rings. The van der Waals surface area contributed by atoms with Gasteiger partial charge in [0, 0.05) is 12.6 Å². The van der Waals surface area contributed by atoms with Gasteiger partial charge in [-0.25, -0.2) is 0 Å². The van der Waals surface area contributed by atoms with Crippen LogP contribution >= 0.6 is 0 Å². The van der Waals surface area contributed by atoms with Gasteiger partial charge in [-0.05, 0) is 38.0 Å².